The van der Waals surface area contributed by atoms with Crippen molar-refractivity contribution < 1.29 is 0 Å². The summed E-state index contributed by atoms with van der Waals surface area (Å²) < 4.78 is 4.83. The van der Waals surface area contributed by atoms with Crippen LogP contribution in [0.3, 0.4) is 0 Å². The second kappa shape index (κ2) is 22.1. The second-order valence-electron chi connectivity index (χ2n) is 22.6. The van der Waals surface area contributed by atoms with Gasteiger partial charge < -0.3 is 9.13 Å². The predicted octanol–water partition coefficient (Wildman–Crippen LogP) is 13.8. The summed E-state index contributed by atoms with van der Waals surface area (Å²) in [6.07, 6.45) is 0. The molecule has 3 heterocycles. The van der Waals surface area contributed by atoms with Crippen molar-refractivity contribution in [3.63, 3.8) is 0 Å². The van der Waals surface area contributed by atoms with E-state index in [9.17, 15) is 0 Å². The highest BCUT2D eigenvalue weighted by molar-refractivity contribution is 7.20. The fraction of sp³-hybridized carbons (Fsp3) is 0. The Balaban J connectivity index is 1.02. The fourth-order valence-corrected chi connectivity index (χ4v) is 23.7. The van der Waals surface area contributed by atoms with E-state index in [1.165, 1.54) is 63.0 Å². The van der Waals surface area contributed by atoms with E-state index in [2.05, 4.69) is 355 Å². The maximum absolute atomic E-state index is 5.89. The van der Waals surface area contributed by atoms with Gasteiger partial charge in [-0.1, -0.05) is 309 Å². The lowest BCUT2D eigenvalue weighted by Gasteiger charge is -2.34. The Morgan fingerprint density at radius 1 is 0.205 bits per heavy atom. The Morgan fingerprint density at radius 2 is 0.443 bits per heavy atom. The van der Waals surface area contributed by atoms with Crippen LogP contribution in [-0.2, 0) is 0 Å². The van der Waals surface area contributed by atoms with Gasteiger partial charge in [0.15, 0.2) is 33.6 Å². The summed E-state index contributed by atoms with van der Waals surface area (Å²) in [6.45, 7) is 0. The molecule has 0 radical (unpaired) electrons. The van der Waals surface area contributed by atoms with Crippen molar-refractivity contribution in [2.24, 2.45) is 0 Å². The molecule has 13 aromatic carbocycles. The first-order valence-electron chi connectivity index (χ1n) is 30.1. The topological polar surface area (TPSA) is 48.5 Å². The van der Waals surface area contributed by atoms with Crippen molar-refractivity contribution >= 4 is 101 Å². The van der Waals surface area contributed by atoms with Gasteiger partial charge >= 0.3 is 0 Å². The summed E-state index contributed by atoms with van der Waals surface area (Å²) in [5.74, 6) is 1.71. The number of nitrogens with zero attached hydrogens (tertiary/aromatic N) is 5. The molecule has 16 rings (SSSR count). The number of benzene rings is 13. The first kappa shape index (κ1) is 52.5. The third kappa shape index (κ3) is 8.54. The average molecular weight is 1160 g/mol. The molecule has 0 unspecified atom stereocenters. The van der Waals surface area contributed by atoms with Crippen LogP contribution in [0.5, 0.6) is 0 Å². The van der Waals surface area contributed by atoms with E-state index in [0.29, 0.717) is 17.5 Å². The quantitative estimate of drug-likeness (QED) is 0.0854. The maximum atomic E-state index is 5.89. The van der Waals surface area contributed by atoms with Crippen LogP contribution in [0.15, 0.2) is 346 Å². The maximum Gasteiger partial charge on any atom is 0.179 e. The summed E-state index contributed by atoms with van der Waals surface area (Å²) in [5.41, 5.74) is 8.93. The molecular formula is C81H57N5Si2. The SMILES string of the molecule is c1ccc([Si](c2ccccc2)(c2ccccc2)c2cccc(-c3nc(-c4cccc([Si](c5ccccc5)(c5ccccc5)c5ccccc5)c4)nc(-c4c(-n5c6ccccc6c6ccccc65)cccc4-n4c5ccccc5c5ccccc54)n3)c2)cc1. The van der Waals surface area contributed by atoms with Crippen LogP contribution in [0.1, 0.15) is 0 Å². The number of fused-ring (bicyclic) bond motifs is 6. The minimum Gasteiger partial charge on any atom is -0.308 e. The van der Waals surface area contributed by atoms with Gasteiger partial charge in [-0.15, -0.1) is 0 Å². The Bertz CT molecular complexity index is 4590. The van der Waals surface area contributed by atoms with E-state index < -0.39 is 16.1 Å². The average Bonchev–Trinajstić information content (AvgIpc) is 1.32. The zero-order valence-electron chi connectivity index (χ0n) is 48.1. The molecule has 0 amide bonds. The van der Waals surface area contributed by atoms with Crippen LogP contribution in [-0.4, -0.2) is 40.2 Å². The van der Waals surface area contributed by atoms with Crippen molar-refractivity contribution in [2.45, 2.75) is 0 Å². The Labute approximate surface area is 513 Å². The molecule has 0 N–H and O–H groups in total. The van der Waals surface area contributed by atoms with E-state index in [1.54, 1.807) is 0 Å². The van der Waals surface area contributed by atoms with Crippen LogP contribution < -0.4 is 41.5 Å². The molecule has 0 aliphatic heterocycles. The molecule has 0 saturated carbocycles. The predicted molar refractivity (Wildman–Crippen MR) is 372 cm³/mol. The highest BCUT2D eigenvalue weighted by atomic mass is 28.3. The van der Waals surface area contributed by atoms with Crippen LogP contribution in [0, 0.1) is 0 Å². The molecule has 0 bridgehead atoms. The molecule has 16 aromatic rings. The van der Waals surface area contributed by atoms with E-state index in [-0.39, 0.29) is 0 Å². The summed E-state index contributed by atoms with van der Waals surface area (Å²) in [5, 5.41) is 14.9. The lowest BCUT2D eigenvalue weighted by Crippen LogP contribution is -2.74. The minimum atomic E-state index is -3.01. The van der Waals surface area contributed by atoms with E-state index in [0.717, 1.165) is 50.1 Å². The monoisotopic (exact) mass is 1160 g/mol. The lowest BCUT2D eigenvalue weighted by atomic mass is 10.1. The van der Waals surface area contributed by atoms with Gasteiger partial charge in [0.25, 0.3) is 0 Å². The van der Waals surface area contributed by atoms with Crippen molar-refractivity contribution in [2.75, 3.05) is 0 Å². The van der Waals surface area contributed by atoms with Crippen molar-refractivity contribution in [1.82, 2.24) is 24.1 Å². The second-order valence-corrected chi connectivity index (χ2v) is 30.2. The highest BCUT2D eigenvalue weighted by Crippen LogP contribution is 2.42. The normalized spacial score (nSPS) is 11.9. The van der Waals surface area contributed by atoms with Crippen LogP contribution in [0.2, 0.25) is 0 Å². The third-order valence-electron chi connectivity index (χ3n) is 17.9. The zero-order chi connectivity index (χ0) is 58.4. The number of rotatable bonds is 13. The van der Waals surface area contributed by atoms with Gasteiger partial charge in [-0.25, -0.2) is 15.0 Å². The number of hydrogen-bond donors (Lipinski definition) is 0. The van der Waals surface area contributed by atoms with E-state index in [1.807, 2.05) is 0 Å². The fourth-order valence-electron chi connectivity index (χ4n) is 14.2. The molecule has 0 atom stereocenters. The van der Waals surface area contributed by atoms with Crippen LogP contribution >= 0.6 is 0 Å². The van der Waals surface area contributed by atoms with Gasteiger partial charge in [-0.2, -0.15) is 0 Å². The summed E-state index contributed by atoms with van der Waals surface area (Å²) in [7, 11) is -6.03. The van der Waals surface area contributed by atoms with Gasteiger partial charge in [0.2, 0.25) is 0 Å². The lowest BCUT2D eigenvalue weighted by molar-refractivity contribution is 1.05. The molecular weight excluding hydrogens is 1100 g/mol. The molecule has 7 heteroatoms. The standard InChI is InChI=1S/C81H57N5Si2/c1-7-32-60(33-8-1)87(61-34-9-2-10-35-61,62-36-11-3-12-37-62)66-44-27-30-58(56-66)79-82-80(59-31-28-45-67(57-59)88(63-38-13-4-14-39-63,64-40-15-5-16-41-64)65-42-17-6-18-43-65)84-81(83-79)78-76(85-72-50-23-19-46-68(72)69-47-20-24-51-73(69)85)54-29-55-77(78)86-74-52-25-21-48-70(74)71-49-22-26-53-75(71)86/h1-57H. The molecule has 88 heavy (non-hydrogen) atoms. The molecule has 5 nitrogen and oxygen atoms in total. The molecule has 0 saturated heterocycles. The Morgan fingerprint density at radius 3 is 0.739 bits per heavy atom. The van der Waals surface area contributed by atoms with Gasteiger partial charge in [0.1, 0.15) is 0 Å². The van der Waals surface area contributed by atoms with Gasteiger partial charge in [-0.3, -0.25) is 0 Å². The zero-order valence-corrected chi connectivity index (χ0v) is 50.1. The van der Waals surface area contributed by atoms with E-state index >= 15 is 0 Å². The smallest absolute Gasteiger partial charge is 0.179 e. The number of hydrogen-bond acceptors (Lipinski definition) is 3. The van der Waals surface area contributed by atoms with Gasteiger partial charge in [0.05, 0.1) is 39.0 Å². The molecule has 0 spiro atoms. The highest BCUT2D eigenvalue weighted by Gasteiger charge is 2.43. The van der Waals surface area contributed by atoms with Gasteiger partial charge in [-0.05, 0) is 77.9 Å². The van der Waals surface area contributed by atoms with Crippen LogP contribution in [0.4, 0.5) is 0 Å². The number of aromatic nitrogens is 5. The number of para-hydroxylation sites is 4. The molecule has 3 aromatic heterocycles. The molecule has 0 aliphatic rings. The molecule has 0 aliphatic carbocycles. The van der Waals surface area contributed by atoms with Crippen molar-refractivity contribution in [1.29, 1.82) is 0 Å². The van der Waals surface area contributed by atoms with Crippen LogP contribution in [0.25, 0.3) is 89.2 Å². The van der Waals surface area contributed by atoms with Crippen molar-refractivity contribution in [3.05, 3.63) is 346 Å². The van der Waals surface area contributed by atoms with Crippen molar-refractivity contribution in [3.8, 4) is 45.5 Å². The summed E-state index contributed by atoms with van der Waals surface area (Å²) in [6, 6.07) is 127. The third-order valence-corrected chi connectivity index (χ3v) is 27.4. The first-order valence-corrected chi connectivity index (χ1v) is 34.1. The molecule has 414 valence electrons. The Hall–Kier alpha value is -11.1. The Kier molecular flexibility index (Phi) is 13.2. The molecule has 0 fully saturated rings. The minimum absolute atomic E-state index is 0.556. The van der Waals surface area contributed by atoms with E-state index in [4.69, 9.17) is 15.0 Å². The van der Waals surface area contributed by atoms with Gasteiger partial charge in [0, 0.05) is 32.7 Å². The summed E-state index contributed by atoms with van der Waals surface area (Å²) >= 11 is 0. The first-order chi connectivity index (χ1) is 43.7. The summed E-state index contributed by atoms with van der Waals surface area (Å²) in [4.78, 5) is 17.5. The largest absolute Gasteiger partial charge is 0.308 e.